The molecule has 0 spiro atoms. The minimum atomic E-state index is -2.00. The van der Waals surface area contributed by atoms with Crippen LogP contribution in [0.3, 0.4) is 0 Å². The molecule has 156 valence electrons. The summed E-state index contributed by atoms with van der Waals surface area (Å²) in [6.07, 6.45) is 0.613. The van der Waals surface area contributed by atoms with Gasteiger partial charge < -0.3 is 9.53 Å². The van der Waals surface area contributed by atoms with Crippen molar-refractivity contribution in [2.75, 3.05) is 6.54 Å². The number of benzene rings is 1. The van der Waals surface area contributed by atoms with E-state index in [4.69, 9.17) is 4.43 Å². The number of carboxylic acid groups (broad SMARTS) is 1. The number of carbonyl (C=O) groups is 2. The van der Waals surface area contributed by atoms with E-state index in [9.17, 15) is 14.7 Å². The van der Waals surface area contributed by atoms with Crippen LogP contribution >= 0.6 is 11.3 Å². The predicted molar refractivity (Wildman–Crippen MR) is 117 cm³/mol. The average Bonchev–Trinajstić information content (AvgIpc) is 3.29. The molecule has 0 aliphatic carbocycles. The number of likely N-dealkylation sites (tertiary alicyclic amines) is 1. The molecular formula is C21H28N2O4SSi. The van der Waals surface area contributed by atoms with Gasteiger partial charge in [0.15, 0.2) is 0 Å². The van der Waals surface area contributed by atoms with Crippen LogP contribution in [0.15, 0.2) is 29.6 Å². The highest BCUT2D eigenvalue weighted by molar-refractivity contribution is 7.10. The van der Waals surface area contributed by atoms with Crippen LogP contribution in [0.5, 0.6) is 5.75 Å². The van der Waals surface area contributed by atoms with Crippen molar-refractivity contribution in [3.63, 3.8) is 0 Å². The van der Waals surface area contributed by atoms with Gasteiger partial charge in [-0.2, -0.15) is 0 Å². The van der Waals surface area contributed by atoms with Crippen LogP contribution in [0.4, 0.5) is 4.79 Å². The van der Waals surface area contributed by atoms with Crippen molar-refractivity contribution in [1.29, 1.82) is 0 Å². The van der Waals surface area contributed by atoms with Crippen LogP contribution in [0.1, 0.15) is 60.7 Å². The lowest BCUT2D eigenvalue weighted by atomic mass is 10.1. The first-order chi connectivity index (χ1) is 13.5. The van der Waals surface area contributed by atoms with E-state index in [1.807, 2.05) is 12.1 Å². The summed E-state index contributed by atoms with van der Waals surface area (Å²) < 4.78 is 6.32. The minimum absolute atomic E-state index is 0.0636. The molecule has 2 aromatic rings. The fraction of sp³-hybridized carbons (Fsp3) is 0.476. The third-order valence-corrected chi connectivity index (χ3v) is 11.1. The van der Waals surface area contributed by atoms with Gasteiger partial charge in [-0.25, -0.2) is 9.78 Å². The zero-order valence-corrected chi connectivity index (χ0v) is 19.4. The molecule has 6 nitrogen and oxygen atoms in total. The number of hydrogen-bond donors (Lipinski definition) is 1. The summed E-state index contributed by atoms with van der Waals surface area (Å²) in [5, 5.41) is 11.8. The average molecular weight is 433 g/mol. The first-order valence-electron chi connectivity index (χ1n) is 9.78. The maximum Gasteiger partial charge on any atom is 0.407 e. The van der Waals surface area contributed by atoms with Crippen molar-refractivity contribution in [2.24, 2.45) is 0 Å². The Morgan fingerprint density at radius 2 is 2.03 bits per heavy atom. The predicted octanol–water partition coefficient (Wildman–Crippen LogP) is 5.57. The summed E-state index contributed by atoms with van der Waals surface area (Å²) >= 11 is 1.35. The van der Waals surface area contributed by atoms with Gasteiger partial charge in [0.1, 0.15) is 16.5 Å². The van der Waals surface area contributed by atoms with Crippen LogP contribution < -0.4 is 4.43 Å². The van der Waals surface area contributed by atoms with Gasteiger partial charge in [-0.1, -0.05) is 32.9 Å². The van der Waals surface area contributed by atoms with Crippen molar-refractivity contribution < 1.29 is 19.1 Å². The number of nitrogens with zero attached hydrogens (tertiary/aromatic N) is 2. The summed E-state index contributed by atoms with van der Waals surface area (Å²) in [7, 11) is -2.00. The van der Waals surface area contributed by atoms with E-state index in [1.54, 1.807) is 17.5 Å². The van der Waals surface area contributed by atoms with Gasteiger partial charge >= 0.3 is 6.09 Å². The second-order valence-electron chi connectivity index (χ2n) is 8.92. The standard InChI is InChI=1S/C21H28N2O4SSi/c1-21(2,3)29(4,5)27-15-9-6-8-14(12-15)18(24)16-13-28-19(22-16)17-10-7-11-23(17)20(25)26/h6,8-9,12-13,17H,7,10-11H2,1-5H3,(H,25,26)/t17-/m0/s1. The fourth-order valence-corrected chi connectivity index (χ4v) is 5.06. The molecule has 0 bridgehead atoms. The summed E-state index contributed by atoms with van der Waals surface area (Å²) in [5.41, 5.74) is 0.881. The number of ketones is 1. The lowest BCUT2D eigenvalue weighted by molar-refractivity contribution is 0.103. The van der Waals surface area contributed by atoms with Gasteiger partial charge in [0.05, 0.1) is 6.04 Å². The zero-order valence-electron chi connectivity index (χ0n) is 17.6. The molecular weight excluding hydrogens is 404 g/mol. The van der Waals surface area contributed by atoms with Gasteiger partial charge in [-0.3, -0.25) is 9.69 Å². The molecule has 1 saturated heterocycles. The minimum Gasteiger partial charge on any atom is -0.543 e. The van der Waals surface area contributed by atoms with E-state index in [2.05, 4.69) is 38.8 Å². The van der Waals surface area contributed by atoms with Crippen LogP contribution in [0, 0.1) is 0 Å². The molecule has 1 aliphatic heterocycles. The van der Waals surface area contributed by atoms with Gasteiger partial charge in [0.25, 0.3) is 0 Å². The molecule has 1 aromatic heterocycles. The second kappa shape index (κ2) is 7.91. The molecule has 1 atom stereocenters. The lowest BCUT2D eigenvalue weighted by Crippen LogP contribution is -2.43. The van der Waals surface area contributed by atoms with Crippen LogP contribution in [-0.2, 0) is 0 Å². The smallest absolute Gasteiger partial charge is 0.407 e. The maximum absolute atomic E-state index is 13.0. The number of carbonyl (C=O) groups excluding carboxylic acids is 1. The zero-order chi connectivity index (χ0) is 21.4. The molecule has 1 N–H and O–H groups in total. The first-order valence-corrected chi connectivity index (χ1v) is 13.6. The van der Waals surface area contributed by atoms with Gasteiger partial charge in [-0.15, -0.1) is 11.3 Å². The molecule has 1 aliphatic rings. The van der Waals surface area contributed by atoms with Gasteiger partial charge in [0, 0.05) is 17.5 Å². The first kappa shape index (κ1) is 21.5. The third kappa shape index (κ3) is 4.53. The van der Waals surface area contributed by atoms with Crippen LogP contribution in [0.25, 0.3) is 0 Å². The lowest BCUT2D eigenvalue weighted by Gasteiger charge is -2.36. The quantitative estimate of drug-likeness (QED) is 0.493. The maximum atomic E-state index is 13.0. The van der Waals surface area contributed by atoms with E-state index in [1.165, 1.54) is 16.2 Å². The Hall–Kier alpha value is -2.19. The molecule has 3 rings (SSSR count). The van der Waals surface area contributed by atoms with Crippen molar-refractivity contribution in [1.82, 2.24) is 9.88 Å². The second-order valence-corrected chi connectivity index (χ2v) is 14.5. The molecule has 8 heteroatoms. The molecule has 0 unspecified atom stereocenters. The number of aromatic nitrogens is 1. The van der Waals surface area contributed by atoms with E-state index >= 15 is 0 Å². The molecule has 0 radical (unpaired) electrons. The Balaban J connectivity index is 1.80. The molecule has 29 heavy (non-hydrogen) atoms. The van der Waals surface area contributed by atoms with Gasteiger partial charge in [-0.05, 0) is 43.1 Å². The van der Waals surface area contributed by atoms with Crippen LogP contribution in [0.2, 0.25) is 18.1 Å². The molecule has 1 aromatic carbocycles. The Labute approximate surface area is 176 Å². The molecule has 1 amide bonds. The van der Waals surface area contributed by atoms with Gasteiger partial charge in [0.2, 0.25) is 14.1 Å². The van der Waals surface area contributed by atoms with E-state index in [0.29, 0.717) is 28.6 Å². The van der Waals surface area contributed by atoms with Crippen molar-refractivity contribution >= 4 is 31.5 Å². The summed E-state index contributed by atoms with van der Waals surface area (Å²) in [6.45, 7) is 11.4. The van der Waals surface area contributed by atoms with E-state index in [-0.39, 0.29) is 16.9 Å². The highest BCUT2D eigenvalue weighted by Gasteiger charge is 2.39. The topological polar surface area (TPSA) is 79.7 Å². The molecule has 1 fully saturated rings. The Kier molecular flexibility index (Phi) is 5.87. The number of amides is 1. The number of hydrogen-bond acceptors (Lipinski definition) is 5. The third-order valence-electron chi connectivity index (χ3n) is 5.81. The van der Waals surface area contributed by atoms with Crippen LogP contribution in [-0.4, -0.2) is 41.7 Å². The summed E-state index contributed by atoms with van der Waals surface area (Å²) in [4.78, 5) is 30.2. The number of rotatable bonds is 5. The Morgan fingerprint density at radius 1 is 1.31 bits per heavy atom. The van der Waals surface area contributed by atoms with E-state index < -0.39 is 14.4 Å². The molecule has 0 saturated carbocycles. The number of thiazole rings is 1. The SMILES string of the molecule is CC(C)(C)[Si](C)(C)Oc1cccc(C(=O)c2csc([C@@H]3CCCN3C(=O)O)n2)c1. The highest BCUT2D eigenvalue weighted by Crippen LogP contribution is 2.38. The van der Waals surface area contributed by atoms with Crippen molar-refractivity contribution in [3.05, 3.63) is 45.9 Å². The normalized spacial score (nSPS) is 17.4. The van der Waals surface area contributed by atoms with Crippen molar-refractivity contribution in [3.8, 4) is 5.75 Å². The summed E-state index contributed by atoms with van der Waals surface area (Å²) in [5.74, 6) is 0.527. The summed E-state index contributed by atoms with van der Waals surface area (Å²) in [6, 6.07) is 6.99. The van der Waals surface area contributed by atoms with E-state index in [0.717, 1.165) is 12.8 Å². The fourth-order valence-electron chi connectivity index (χ4n) is 3.09. The van der Waals surface area contributed by atoms with Crippen molar-refractivity contribution in [2.45, 2.75) is 57.8 Å². The Bertz CT molecular complexity index is 919. The Morgan fingerprint density at radius 3 is 2.69 bits per heavy atom. The molecule has 2 heterocycles. The monoisotopic (exact) mass is 432 g/mol. The largest absolute Gasteiger partial charge is 0.543 e. The highest BCUT2D eigenvalue weighted by atomic mass is 32.1.